The number of hydrogen-bond acceptors (Lipinski definition) is 1. The van der Waals surface area contributed by atoms with Crippen LogP contribution in [0.3, 0.4) is 0 Å². The zero-order valence-electron chi connectivity index (χ0n) is 10.5. The standard InChI is InChI=1S/C13H21F3O/c1-9(2)7-8-12(17)10-5-3-4-6-11(10)13(14,15)16/h9-11H,3-8H2,1-2H3. The monoisotopic (exact) mass is 250 g/mol. The van der Waals surface area contributed by atoms with Gasteiger partial charge in [-0.2, -0.15) is 13.2 Å². The summed E-state index contributed by atoms with van der Waals surface area (Å²) in [6.45, 7) is 3.96. The second kappa shape index (κ2) is 5.87. The maximum absolute atomic E-state index is 12.8. The van der Waals surface area contributed by atoms with Crippen molar-refractivity contribution in [2.24, 2.45) is 17.8 Å². The van der Waals surface area contributed by atoms with E-state index >= 15 is 0 Å². The van der Waals surface area contributed by atoms with Gasteiger partial charge in [0.05, 0.1) is 5.92 Å². The van der Waals surface area contributed by atoms with Crippen molar-refractivity contribution in [2.45, 2.75) is 58.5 Å². The van der Waals surface area contributed by atoms with Gasteiger partial charge < -0.3 is 0 Å². The zero-order chi connectivity index (χ0) is 13.1. The number of alkyl halides is 3. The first-order valence-corrected chi connectivity index (χ1v) is 6.41. The van der Waals surface area contributed by atoms with Crippen molar-refractivity contribution in [3.05, 3.63) is 0 Å². The molecule has 0 aromatic rings. The van der Waals surface area contributed by atoms with Gasteiger partial charge in [-0.3, -0.25) is 4.79 Å². The molecule has 0 spiro atoms. The first kappa shape index (κ1) is 14.5. The van der Waals surface area contributed by atoms with Crippen LogP contribution in [0.5, 0.6) is 0 Å². The van der Waals surface area contributed by atoms with E-state index in [9.17, 15) is 18.0 Å². The maximum Gasteiger partial charge on any atom is 0.392 e. The summed E-state index contributed by atoms with van der Waals surface area (Å²) in [6, 6.07) is 0. The van der Waals surface area contributed by atoms with Crippen LogP contribution in [0.1, 0.15) is 52.4 Å². The molecule has 0 heterocycles. The molecule has 0 N–H and O–H groups in total. The number of Topliss-reactive ketones (excluding diaryl/α,β-unsaturated/α-hetero) is 1. The molecule has 0 bridgehead atoms. The molecule has 100 valence electrons. The van der Waals surface area contributed by atoms with Crippen molar-refractivity contribution in [2.75, 3.05) is 0 Å². The van der Waals surface area contributed by atoms with Crippen molar-refractivity contribution >= 4 is 5.78 Å². The quantitative estimate of drug-likeness (QED) is 0.724. The fourth-order valence-electron chi connectivity index (χ4n) is 2.52. The number of hydrogen-bond donors (Lipinski definition) is 0. The Morgan fingerprint density at radius 1 is 1.24 bits per heavy atom. The van der Waals surface area contributed by atoms with Gasteiger partial charge in [0.25, 0.3) is 0 Å². The van der Waals surface area contributed by atoms with Gasteiger partial charge in [0, 0.05) is 12.3 Å². The van der Waals surface area contributed by atoms with Crippen LogP contribution in [0.25, 0.3) is 0 Å². The Morgan fingerprint density at radius 2 is 1.82 bits per heavy atom. The third kappa shape index (κ3) is 4.32. The zero-order valence-corrected chi connectivity index (χ0v) is 10.5. The molecule has 0 amide bonds. The van der Waals surface area contributed by atoms with Gasteiger partial charge in [-0.1, -0.05) is 26.7 Å². The average Bonchev–Trinajstić information content (AvgIpc) is 2.24. The largest absolute Gasteiger partial charge is 0.392 e. The smallest absolute Gasteiger partial charge is 0.299 e. The van der Waals surface area contributed by atoms with Gasteiger partial charge in [0.1, 0.15) is 5.78 Å². The summed E-state index contributed by atoms with van der Waals surface area (Å²) >= 11 is 0. The molecule has 1 aliphatic rings. The van der Waals surface area contributed by atoms with Gasteiger partial charge in [0.15, 0.2) is 0 Å². The lowest BCUT2D eigenvalue weighted by Crippen LogP contribution is -2.37. The van der Waals surface area contributed by atoms with E-state index in [1.807, 2.05) is 13.8 Å². The van der Waals surface area contributed by atoms with Gasteiger partial charge in [-0.15, -0.1) is 0 Å². The minimum absolute atomic E-state index is 0.127. The molecule has 1 saturated carbocycles. The van der Waals surface area contributed by atoms with Crippen LogP contribution in [0.15, 0.2) is 0 Å². The highest BCUT2D eigenvalue weighted by Gasteiger charge is 2.47. The third-order valence-electron chi connectivity index (χ3n) is 3.57. The van der Waals surface area contributed by atoms with E-state index in [0.717, 1.165) is 6.42 Å². The molecule has 1 aliphatic carbocycles. The van der Waals surface area contributed by atoms with E-state index in [2.05, 4.69) is 0 Å². The van der Waals surface area contributed by atoms with Crippen LogP contribution in [-0.2, 0) is 4.79 Å². The second-order valence-electron chi connectivity index (χ2n) is 5.44. The SMILES string of the molecule is CC(C)CCC(=O)C1CCCCC1C(F)(F)F. The summed E-state index contributed by atoms with van der Waals surface area (Å²) in [7, 11) is 0. The summed E-state index contributed by atoms with van der Waals surface area (Å²) < 4.78 is 38.4. The molecule has 2 atom stereocenters. The summed E-state index contributed by atoms with van der Waals surface area (Å²) in [5.41, 5.74) is 0. The lowest BCUT2D eigenvalue weighted by atomic mass is 9.75. The Hall–Kier alpha value is -0.540. The van der Waals surface area contributed by atoms with Crippen LogP contribution in [0, 0.1) is 17.8 Å². The molecule has 0 radical (unpaired) electrons. The fraction of sp³-hybridized carbons (Fsp3) is 0.923. The Labute approximate surface area is 101 Å². The van der Waals surface area contributed by atoms with Gasteiger partial charge in [-0.25, -0.2) is 0 Å². The lowest BCUT2D eigenvalue weighted by Gasteiger charge is -2.32. The Balaban J connectivity index is 2.61. The predicted molar refractivity (Wildman–Crippen MR) is 60.6 cm³/mol. The first-order valence-electron chi connectivity index (χ1n) is 6.41. The van der Waals surface area contributed by atoms with Crippen molar-refractivity contribution in [3.8, 4) is 0 Å². The highest BCUT2D eigenvalue weighted by atomic mass is 19.4. The number of carbonyl (C=O) groups is 1. The summed E-state index contributed by atoms with van der Waals surface area (Å²) in [5, 5.41) is 0. The Kier molecular flexibility index (Phi) is 5.02. The molecule has 0 aliphatic heterocycles. The first-order chi connectivity index (χ1) is 7.82. The van der Waals surface area contributed by atoms with Gasteiger partial charge in [0.2, 0.25) is 0 Å². The normalized spacial score (nSPS) is 26.2. The van der Waals surface area contributed by atoms with Crippen LogP contribution in [-0.4, -0.2) is 12.0 Å². The Bertz CT molecular complexity index is 258. The molecular formula is C13H21F3O. The molecule has 1 rings (SSSR count). The maximum atomic E-state index is 12.8. The van der Waals surface area contributed by atoms with Crippen LogP contribution in [0.2, 0.25) is 0 Å². The topological polar surface area (TPSA) is 17.1 Å². The van der Waals surface area contributed by atoms with Crippen LogP contribution in [0.4, 0.5) is 13.2 Å². The molecule has 0 aromatic carbocycles. The molecule has 1 fully saturated rings. The molecule has 2 unspecified atom stereocenters. The molecule has 17 heavy (non-hydrogen) atoms. The summed E-state index contributed by atoms with van der Waals surface area (Å²) in [6.07, 6.45) is -1.32. The number of rotatable bonds is 4. The second-order valence-corrected chi connectivity index (χ2v) is 5.44. The highest BCUT2D eigenvalue weighted by molar-refractivity contribution is 5.81. The molecular weight excluding hydrogens is 229 g/mol. The fourth-order valence-corrected chi connectivity index (χ4v) is 2.52. The van der Waals surface area contributed by atoms with E-state index in [-0.39, 0.29) is 12.2 Å². The van der Waals surface area contributed by atoms with Crippen LogP contribution >= 0.6 is 0 Å². The molecule has 0 aromatic heterocycles. The highest BCUT2D eigenvalue weighted by Crippen LogP contribution is 2.42. The summed E-state index contributed by atoms with van der Waals surface area (Å²) in [5.74, 6) is -1.98. The van der Waals surface area contributed by atoms with Crippen molar-refractivity contribution in [3.63, 3.8) is 0 Å². The van der Waals surface area contributed by atoms with Crippen LogP contribution < -0.4 is 0 Å². The van der Waals surface area contributed by atoms with Gasteiger partial charge in [-0.05, 0) is 25.2 Å². The molecule has 1 nitrogen and oxygen atoms in total. The number of ketones is 1. The minimum Gasteiger partial charge on any atom is -0.299 e. The van der Waals surface area contributed by atoms with Crippen molar-refractivity contribution in [1.29, 1.82) is 0 Å². The van der Waals surface area contributed by atoms with E-state index in [0.29, 0.717) is 31.6 Å². The van der Waals surface area contributed by atoms with E-state index in [4.69, 9.17) is 0 Å². The molecule has 4 heteroatoms. The van der Waals surface area contributed by atoms with Gasteiger partial charge >= 0.3 is 6.18 Å². The average molecular weight is 250 g/mol. The third-order valence-corrected chi connectivity index (χ3v) is 3.57. The molecule has 0 saturated heterocycles. The van der Waals surface area contributed by atoms with E-state index < -0.39 is 18.0 Å². The summed E-state index contributed by atoms with van der Waals surface area (Å²) in [4.78, 5) is 11.9. The van der Waals surface area contributed by atoms with E-state index in [1.54, 1.807) is 0 Å². The van der Waals surface area contributed by atoms with Crippen molar-refractivity contribution in [1.82, 2.24) is 0 Å². The van der Waals surface area contributed by atoms with Crippen molar-refractivity contribution < 1.29 is 18.0 Å². The number of carbonyl (C=O) groups excluding carboxylic acids is 1. The Morgan fingerprint density at radius 3 is 2.35 bits per heavy atom. The number of halogens is 3. The lowest BCUT2D eigenvalue weighted by molar-refractivity contribution is -0.197. The minimum atomic E-state index is -4.21. The van der Waals surface area contributed by atoms with E-state index in [1.165, 1.54) is 0 Å². The predicted octanol–water partition coefficient (Wildman–Crippen LogP) is 4.36.